The lowest BCUT2D eigenvalue weighted by Gasteiger charge is -2.21. The quantitative estimate of drug-likeness (QED) is 0.434. The number of nitrogens with one attached hydrogen (secondary N) is 2. The maximum absolute atomic E-state index is 4.76. The summed E-state index contributed by atoms with van der Waals surface area (Å²) in [6.45, 7) is 8.14. The molecule has 0 saturated carbocycles. The van der Waals surface area contributed by atoms with Crippen LogP contribution >= 0.6 is 11.8 Å². The molecule has 1 aromatic heterocycles. The highest BCUT2D eigenvalue weighted by Gasteiger charge is 2.29. The van der Waals surface area contributed by atoms with Crippen LogP contribution in [-0.4, -0.2) is 50.9 Å². The lowest BCUT2D eigenvalue weighted by atomic mass is 10.1. The van der Waals surface area contributed by atoms with E-state index in [1.165, 1.54) is 18.6 Å². The first-order valence-electron chi connectivity index (χ1n) is 8.20. The van der Waals surface area contributed by atoms with Crippen LogP contribution in [0.1, 0.15) is 39.5 Å². The summed E-state index contributed by atoms with van der Waals surface area (Å²) < 4.78 is 2.34. The maximum atomic E-state index is 4.76. The summed E-state index contributed by atoms with van der Waals surface area (Å²) in [4.78, 5) is 4.76. The van der Waals surface area contributed by atoms with Gasteiger partial charge in [-0.15, -0.1) is 10.2 Å². The van der Waals surface area contributed by atoms with Gasteiger partial charge >= 0.3 is 0 Å². The van der Waals surface area contributed by atoms with E-state index in [0.29, 0.717) is 4.75 Å². The van der Waals surface area contributed by atoms with Crippen LogP contribution in [0.4, 0.5) is 0 Å². The molecule has 1 atom stereocenters. The molecule has 0 spiro atoms. The molecule has 1 aliphatic rings. The Morgan fingerprint density at radius 1 is 1.32 bits per heavy atom. The Hall–Kier alpha value is -1.24. The Balaban J connectivity index is 1.66. The fourth-order valence-corrected chi connectivity index (χ4v) is 3.74. The van der Waals surface area contributed by atoms with Crippen molar-refractivity contribution in [3.8, 4) is 0 Å². The number of hydrogen-bond acceptors (Lipinski definition) is 4. The van der Waals surface area contributed by atoms with E-state index >= 15 is 0 Å². The van der Waals surface area contributed by atoms with Gasteiger partial charge in [-0.3, -0.25) is 4.99 Å². The minimum Gasteiger partial charge on any atom is -0.357 e. The van der Waals surface area contributed by atoms with E-state index in [2.05, 4.69) is 46.4 Å². The van der Waals surface area contributed by atoms with Crippen molar-refractivity contribution in [2.75, 3.05) is 25.4 Å². The van der Waals surface area contributed by atoms with Crippen molar-refractivity contribution >= 4 is 17.7 Å². The van der Waals surface area contributed by atoms with Gasteiger partial charge in [0.15, 0.2) is 5.96 Å². The fraction of sp³-hybridized carbons (Fsp3) is 0.800. The molecule has 0 amide bonds. The molecule has 0 aliphatic carbocycles. The average Bonchev–Trinajstić information content (AvgIpc) is 3.16. The molecule has 6 nitrogen and oxygen atoms in total. The average molecular weight is 324 g/mol. The molecule has 22 heavy (non-hydrogen) atoms. The number of aliphatic imine (C=N–C) groups is 1. The van der Waals surface area contributed by atoms with E-state index < -0.39 is 0 Å². The molecule has 0 bridgehead atoms. The zero-order valence-electron chi connectivity index (χ0n) is 13.7. The van der Waals surface area contributed by atoms with Crippen LogP contribution in [0.2, 0.25) is 0 Å². The van der Waals surface area contributed by atoms with Gasteiger partial charge in [-0.05, 0) is 45.3 Å². The first-order valence-corrected chi connectivity index (χ1v) is 9.19. The third kappa shape index (κ3) is 5.87. The minimum atomic E-state index is 0.330. The SMILES string of the molecule is CCNC(=NCC1(C)CCCS1)NCCCCn1cnnc1. The van der Waals surface area contributed by atoms with Crippen LogP contribution in [0.5, 0.6) is 0 Å². The normalized spacial score (nSPS) is 22.0. The second kappa shape index (κ2) is 9.02. The standard InChI is InChI=1S/C15H28N6S/c1-3-16-14(18-11-15(2)7-6-10-22-15)17-8-4-5-9-21-12-19-20-13-21/h12-13H,3-11H2,1-2H3,(H2,16,17,18). The molecule has 7 heteroatoms. The Morgan fingerprint density at radius 3 is 2.82 bits per heavy atom. The Bertz CT molecular complexity index is 439. The lowest BCUT2D eigenvalue weighted by molar-refractivity contribution is 0.593. The predicted molar refractivity (Wildman–Crippen MR) is 93.3 cm³/mol. The first-order chi connectivity index (χ1) is 10.7. The van der Waals surface area contributed by atoms with Gasteiger partial charge in [0, 0.05) is 24.4 Å². The van der Waals surface area contributed by atoms with Gasteiger partial charge in [0.25, 0.3) is 0 Å². The second-order valence-corrected chi connectivity index (χ2v) is 7.61. The monoisotopic (exact) mass is 324 g/mol. The molecule has 1 aromatic rings. The molecule has 1 saturated heterocycles. The zero-order chi connectivity index (χ0) is 15.7. The molecule has 2 rings (SSSR count). The van der Waals surface area contributed by atoms with Crippen LogP contribution in [0.25, 0.3) is 0 Å². The Morgan fingerprint density at radius 2 is 2.14 bits per heavy atom. The predicted octanol–water partition coefficient (Wildman–Crippen LogP) is 1.90. The molecule has 2 heterocycles. The lowest BCUT2D eigenvalue weighted by Crippen LogP contribution is -2.39. The molecule has 1 aliphatic heterocycles. The topological polar surface area (TPSA) is 67.1 Å². The zero-order valence-corrected chi connectivity index (χ0v) is 14.5. The Kier molecular flexibility index (Phi) is 7.02. The van der Waals surface area contributed by atoms with Crippen LogP contribution < -0.4 is 10.6 Å². The van der Waals surface area contributed by atoms with E-state index in [4.69, 9.17) is 4.99 Å². The second-order valence-electron chi connectivity index (χ2n) is 5.93. The minimum absolute atomic E-state index is 0.330. The van der Waals surface area contributed by atoms with Crippen LogP contribution in [0, 0.1) is 0 Å². The summed E-state index contributed by atoms with van der Waals surface area (Å²) in [5, 5.41) is 14.4. The summed E-state index contributed by atoms with van der Waals surface area (Å²) >= 11 is 2.06. The molecule has 0 aromatic carbocycles. The van der Waals surface area contributed by atoms with Crippen molar-refractivity contribution in [1.82, 2.24) is 25.4 Å². The number of aromatic nitrogens is 3. The highest BCUT2D eigenvalue weighted by Crippen LogP contribution is 2.37. The number of unbranched alkanes of at least 4 members (excludes halogenated alkanes) is 1. The molecule has 0 radical (unpaired) electrons. The van der Waals surface area contributed by atoms with Crippen molar-refractivity contribution < 1.29 is 0 Å². The van der Waals surface area contributed by atoms with Gasteiger partial charge in [0.2, 0.25) is 0 Å². The van der Waals surface area contributed by atoms with Gasteiger partial charge in [0.05, 0.1) is 6.54 Å². The number of guanidine groups is 1. The van der Waals surface area contributed by atoms with Gasteiger partial charge < -0.3 is 15.2 Å². The van der Waals surface area contributed by atoms with Crippen LogP contribution in [-0.2, 0) is 6.54 Å². The molecule has 124 valence electrons. The fourth-order valence-electron chi connectivity index (χ4n) is 2.51. The van der Waals surface area contributed by atoms with E-state index in [1.807, 2.05) is 4.57 Å². The molecule has 2 N–H and O–H groups in total. The number of hydrogen-bond donors (Lipinski definition) is 2. The number of nitrogens with zero attached hydrogens (tertiary/aromatic N) is 4. The van der Waals surface area contributed by atoms with Crippen LogP contribution in [0.15, 0.2) is 17.6 Å². The Labute approximate surface area is 137 Å². The summed E-state index contributed by atoms with van der Waals surface area (Å²) in [7, 11) is 0. The van der Waals surface area contributed by atoms with Crippen molar-refractivity contribution in [2.24, 2.45) is 4.99 Å². The van der Waals surface area contributed by atoms with E-state index in [1.54, 1.807) is 12.7 Å². The number of aryl methyl sites for hydroxylation is 1. The van der Waals surface area contributed by atoms with E-state index in [9.17, 15) is 0 Å². The smallest absolute Gasteiger partial charge is 0.191 e. The third-order valence-electron chi connectivity index (χ3n) is 3.82. The largest absolute Gasteiger partial charge is 0.357 e. The summed E-state index contributed by atoms with van der Waals surface area (Å²) in [6.07, 6.45) is 8.34. The van der Waals surface area contributed by atoms with Crippen molar-refractivity contribution in [2.45, 2.75) is 50.8 Å². The van der Waals surface area contributed by atoms with Crippen LogP contribution in [0.3, 0.4) is 0 Å². The number of thioether (sulfide) groups is 1. The summed E-state index contributed by atoms with van der Waals surface area (Å²) in [5.74, 6) is 2.22. The van der Waals surface area contributed by atoms with E-state index in [-0.39, 0.29) is 0 Å². The van der Waals surface area contributed by atoms with Gasteiger partial charge in [-0.1, -0.05) is 0 Å². The third-order valence-corrected chi connectivity index (χ3v) is 5.34. The van der Waals surface area contributed by atoms with Gasteiger partial charge in [-0.25, -0.2) is 0 Å². The molecular weight excluding hydrogens is 296 g/mol. The molecule has 1 fully saturated rings. The van der Waals surface area contributed by atoms with Crippen molar-refractivity contribution in [3.05, 3.63) is 12.7 Å². The highest BCUT2D eigenvalue weighted by atomic mass is 32.2. The van der Waals surface area contributed by atoms with Crippen molar-refractivity contribution in [3.63, 3.8) is 0 Å². The molecular formula is C15H28N6S. The first kappa shape index (κ1) is 17.1. The summed E-state index contributed by atoms with van der Waals surface area (Å²) in [6, 6.07) is 0. The highest BCUT2D eigenvalue weighted by molar-refractivity contribution is 8.00. The van der Waals surface area contributed by atoms with Gasteiger partial charge in [-0.2, -0.15) is 11.8 Å². The van der Waals surface area contributed by atoms with Crippen molar-refractivity contribution in [1.29, 1.82) is 0 Å². The number of rotatable bonds is 8. The van der Waals surface area contributed by atoms with Gasteiger partial charge in [0.1, 0.15) is 12.7 Å². The van der Waals surface area contributed by atoms with E-state index in [0.717, 1.165) is 45.0 Å². The summed E-state index contributed by atoms with van der Waals surface area (Å²) in [5.41, 5.74) is 0. The molecule has 1 unspecified atom stereocenters. The maximum Gasteiger partial charge on any atom is 0.191 e.